The van der Waals surface area contributed by atoms with Gasteiger partial charge >= 0.3 is 0 Å². The summed E-state index contributed by atoms with van der Waals surface area (Å²) in [6, 6.07) is 4.98. The Bertz CT molecular complexity index is 337. The maximum absolute atomic E-state index is 5.70. The normalized spacial score (nSPS) is 14.5. The fourth-order valence-electron chi connectivity index (χ4n) is 2.37. The molecule has 0 aliphatic rings. The highest BCUT2D eigenvalue weighted by molar-refractivity contribution is 7.11. The Labute approximate surface area is 122 Å². The van der Waals surface area contributed by atoms with E-state index in [1.54, 1.807) is 0 Å². The number of hydrogen-bond donors (Lipinski definition) is 1. The van der Waals surface area contributed by atoms with Gasteiger partial charge in [-0.15, -0.1) is 11.3 Å². The lowest BCUT2D eigenvalue weighted by Gasteiger charge is -2.26. The molecule has 1 heterocycles. The Morgan fingerprint density at radius 1 is 1.16 bits per heavy atom. The summed E-state index contributed by atoms with van der Waals surface area (Å²) in [5, 5.41) is 3.66. The molecule has 3 heteroatoms. The molecule has 0 amide bonds. The molecular weight excluding hydrogens is 254 g/mol. The van der Waals surface area contributed by atoms with Gasteiger partial charge < -0.3 is 10.1 Å². The van der Waals surface area contributed by atoms with E-state index in [1.807, 2.05) is 18.4 Å². The second kappa shape index (κ2) is 9.51. The molecule has 2 unspecified atom stereocenters. The van der Waals surface area contributed by atoms with Gasteiger partial charge in [-0.1, -0.05) is 27.2 Å². The van der Waals surface area contributed by atoms with E-state index in [1.165, 1.54) is 22.6 Å². The standard InChI is InChI=1S/C16H29NOS/c1-5-8-16(18-4)15(17-11-6-2)12-14-10-9-13(7-3)19-14/h9-10,15-17H,5-8,11-12H2,1-4H3. The molecule has 1 aromatic rings. The fraction of sp³-hybridized carbons (Fsp3) is 0.750. The summed E-state index contributed by atoms with van der Waals surface area (Å²) in [7, 11) is 1.84. The number of hydrogen-bond acceptors (Lipinski definition) is 3. The van der Waals surface area contributed by atoms with Gasteiger partial charge in [0.2, 0.25) is 0 Å². The third kappa shape index (κ3) is 5.64. The van der Waals surface area contributed by atoms with Gasteiger partial charge in [0.05, 0.1) is 6.10 Å². The number of thiophene rings is 1. The lowest BCUT2D eigenvalue weighted by molar-refractivity contribution is 0.0611. The van der Waals surface area contributed by atoms with Crippen LogP contribution in [0.2, 0.25) is 0 Å². The van der Waals surface area contributed by atoms with E-state index in [4.69, 9.17) is 4.74 Å². The minimum Gasteiger partial charge on any atom is -0.380 e. The van der Waals surface area contributed by atoms with E-state index in [2.05, 4.69) is 38.2 Å². The van der Waals surface area contributed by atoms with Crippen molar-refractivity contribution in [1.82, 2.24) is 5.32 Å². The average molecular weight is 283 g/mol. The first-order chi connectivity index (χ1) is 9.24. The SMILES string of the molecule is CCCNC(Cc1ccc(CC)s1)C(CCC)OC. The predicted octanol–water partition coefficient (Wildman–Crippen LogP) is 4.04. The van der Waals surface area contributed by atoms with Crippen LogP contribution < -0.4 is 5.32 Å². The van der Waals surface area contributed by atoms with Crippen LogP contribution in [0, 0.1) is 0 Å². The number of nitrogens with one attached hydrogen (secondary N) is 1. The minimum atomic E-state index is 0.323. The highest BCUT2D eigenvalue weighted by atomic mass is 32.1. The molecule has 0 aliphatic carbocycles. The summed E-state index contributed by atoms with van der Waals surface area (Å²) in [5.74, 6) is 0. The second-order valence-electron chi connectivity index (χ2n) is 5.05. The first kappa shape index (κ1) is 16.7. The molecule has 0 aliphatic heterocycles. The number of ether oxygens (including phenoxy) is 1. The maximum Gasteiger partial charge on any atom is 0.0727 e. The molecular formula is C16H29NOS. The summed E-state index contributed by atoms with van der Waals surface area (Å²) in [4.78, 5) is 2.96. The van der Waals surface area contributed by atoms with E-state index in [0.29, 0.717) is 12.1 Å². The molecule has 2 nitrogen and oxygen atoms in total. The van der Waals surface area contributed by atoms with E-state index in [0.717, 1.165) is 25.8 Å². The number of methoxy groups -OCH3 is 1. The molecule has 19 heavy (non-hydrogen) atoms. The minimum absolute atomic E-state index is 0.323. The molecule has 1 rings (SSSR count). The van der Waals surface area contributed by atoms with Crippen molar-refractivity contribution in [2.24, 2.45) is 0 Å². The van der Waals surface area contributed by atoms with Gasteiger partial charge in [-0.25, -0.2) is 0 Å². The molecule has 1 aromatic heterocycles. The molecule has 0 bridgehead atoms. The zero-order chi connectivity index (χ0) is 14.1. The van der Waals surface area contributed by atoms with Gasteiger partial charge in [-0.3, -0.25) is 0 Å². The molecule has 1 N–H and O–H groups in total. The van der Waals surface area contributed by atoms with Crippen LogP contribution in [-0.4, -0.2) is 25.8 Å². The van der Waals surface area contributed by atoms with Crippen molar-refractivity contribution in [3.05, 3.63) is 21.9 Å². The van der Waals surface area contributed by atoms with Crippen LogP contribution in [0.3, 0.4) is 0 Å². The van der Waals surface area contributed by atoms with Crippen molar-refractivity contribution < 1.29 is 4.74 Å². The van der Waals surface area contributed by atoms with Gasteiger partial charge in [-0.05, 0) is 44.4 Å². The summed E-state index contributed by atoms with van der Waals surface area (Å²) >= 11 is 1.95. The van der Waals surface area contributed by atoms with Crippen molar-refractivity contribution >= 4 is 11.3 Å². The Kier molecular flexibility index (Phi) is 8.35. The van der Waals surface area contributed by atoms with Crippen molar-refractivity contribution in [2.75, 3.05) is 13.7 Å². The van der Waals surface area contributed by atoms with E-state index in [9.17, 15) is 0 Å². The largest absolute Gasteiger partial charge is 0.380 e. The first-order valence-corrected chi connectivity index (χ1v) is 8.40. The third-order valence-electron chi connectivity index (χ3n) is 3.47. The van der Waals surface area contributed by atoms with E-state index >= 15 is 0 Å². The Morgan fingerprint density at radius 2 is 1.89 bits per heavy atom. The third-order valence-corrected chi connectivity index (χ3v) is 4.72. The van der Waals surface area contributed by atoms with Crippen molar-refractivity contribution in [3.8, 4) is 0 Å². The zero-order valence-corrected chi connectivity index (χ0v) is 13.7. The van der Waals surface area contributed by atoms with Gasteiger partial charge in [0.1, 0.15) is 0 Å². The Morgan fingerprint density at radius 3 is 2.42 bits per heavy atom. The molecule has 0 radical (unpaired) electrons. The first-order valence-electron chi connectivity index (χ1n) is 7.58. The highest BCUT2D eigenvalue weighted by Gasteiger charge is 2.20. The van der Waals surface area contributed by atoms with Gasteiger partial charge in [-0.2, -0.15) is 0 Å². The van der Waals surface area contributed by atoms with Crippen LogP contribution in [0.25, 0.3) is 0 Å². The summed E-state index contributed by atoms with van der Waals surface area (Å²) in [5.41, 5.74) is 0. The molecule has 110 valence electrons. The van der Waals surface area contributed by atoms with Crippen LogP contribution >= 0.6 is 11.3 Å². The molecule has 2 atom stereocenters. The molecule has 0 spiro atoms. The summed E-state index contributed by atoms with van der Waals surface area (Å²) < 4.78 is 5.70. The lowest BCUT2D eigenvalue weighted by atomic mass is 10.0. The zero-order valence-electron chi connectivity index (χ0n) is 12.9. The number of aryl methyl sites for hydroxylation is 1. The van der Waals surface area contributed by atoms with Gasteiger partial charge in [0.25, 0.3) is 0 Å². The predicted molar refractivity (Wildman–Crippen MR) is 85.2 cm³/mol. The Balaban J connectivity index is 2.66. The van der Waals surface area contributed by atoms with Crippen LogP contribution in [0.4, 0.5) is 0 Å². The van der Waals surface area contributed by atoms with Crippen molar-refractivity contribution in [2.45, 2.75) is 65.0 Å². The van der Waals surface area contributed by atoms with Gasteiger partial charge in [0, 0.05) is 22.9 Å². The van der Waals surface area contributed by atoms with Gasteiger partial charge in [0.15, 0.2) is 0 Å². The lowest BCUT2D eigenvalue weighted by Crippen LogP contribution is -2.42. The smallest absolute Gasteiger partial charge is 0.0727 e. The summed E-state index contributed by atoms with van der Waals surface area (Å²) in [6.07, 6.45) is 6.02. The molecule has 0 fully saturated rings. The second-order valence-corrected chi connectivity index (χ2v) is 6.30. The fourth-order valence-corrected chi connectivity index (χ4v) is 3.39. The molecule has 0 aromatic carbocycles. The maximum atomic E-state index is 5.70. The van der Waals surface area contributed by atoms with Crippen LogP contribution in [0.15, 0.2) is 12.1 Å². The van der Waals surface area contributed by atoms with Crippen molar-refractivity contribution in [3.63, 3.8) is 0 Å². The van der Waals surface area contributed by atoms with Crippen LogP contribution in [0.1, 0.15) is 49.8 Å². The average Bonchev–Trinajstić information content (AvgIpc) is 2.88. The molecule has 0 saturated carbocycles. The van der Waals surface area contributed by atoms with Crippen LogP contribution in [0.5, 0.6) is 0 Å². The van der Waals surface area contributed by atoms with Crippen LogP contribution in [-0.2, 0) is 17.6 Å². The molecule has 0 saturated heterocycles. The highest BCUT2D eigenvalue weighted by Crippen LogP contribution is 2.21. The monoisotopic (exact) mass is 283 g/mol. The number of rotatable bonds is 10. The van der Waals surface area contributed by atoms with Crippen molar-refractivity contribution in [1.29, 1.82) is 0 Å². The topological polar surface area (TPSA) is 21.3 Å². The quantitative estimate of drug-likeness (QED) is 0.700. The van der Waals surface area contributed by atoms with E-state index in [-0.39, 0.29) is 0 Å². The van der Waals surface area contributed by atoms with E-state index < -0.39 is 0 Å². The Hall–Kier alpha value is -0.380. The summed E-state index contributed by atoms with van der Waals surface area (Å²) in [6.45, 7) is 7.73.